The van der Waals surface area contributed by atoms with Crippen molar-refractivity contribution >= 4 is 28.0 Å². The van der Waals surface area contributed by atoms with E-state index < -0.39 is 11.8 Å². The number of carbonyl (C=O) groups is 2. The summed E-state index contributed by atoms with van der Waals surface area (Å²) in [5.41, 5.74) is 10.3. The SMILES string of the molecule is NC(=O)c1sc2cncn2c1C(N)=O. The summed E-state index contributed by atoms with van der Waals surface area (Å²) in [6, 6.07) is 0. The number of rotatable bonds is 2. The molecule has 0 aliphatic heterocycles. The van der Waals surface area contributed by atoms with E-state index in [0.717, 1.165) is 11.3 Å². The predicted octanol–water partition coefficient (Wildman–Crippen LogP) is -0.406. The van der Waals surface area contributed by atoms with Crippen LogP contribution in [0, 0.1) is 0 Å². The lowest BCUT2D eigenvalue weighted by Gasteiger charge is -1.94. The summed E-state index contributed by atoms with van der Waals surface area (Å²) in [5.74, 6) is -1.35. The van der Waals surface area contributed by atoms with Gasteiger partial charge >= 0.3 is 0 Å². The van der Waals surface area contributed by atoms with Crippen LogP contribution in [0.1, 0.15) is 20.2 Å². The highest BCUT2D eigenvalue weighted by Crippen LogP contribution is 2.22. The van der Waals surface area contributed by atoms with Crippen LogP contribution in [0.15, 0.2) is 12.5 Å². The minimum atomic E-state index is -0.692. The molecule has 0 spiro atoms. The molecule has 2 rings (SSSR count). The zero-order valence-electron chi connectivity index (χ0n) is 6.93. The number of aromatic nitrogens is 2. The summed E-state index contributed by atoms with van der Waals surface area (Å²) in [6.07, 6.45) is 2.95. The van der Waals surface area contributed by atoms with E-state index in [1.165, 1.54) is 16.9 Å². The zero-order chi connectivity index (χ0) is 10.3. The summed E-state index contributed by atoms with van der Waals surface area (Å²) in [6.45, 7) is 0. The van der Waals surface area contributed by atoms with E-state index in [1.54, 1.807) is 0 Å². The number of nitrogens with two attached hydrogens (primary N) is 2. The molecule has 0 bridgehead atoms. The van der Waals surface area contributed by atoms with Crippen molar-refractivity contribution in [2.75, 3.05) is 0 Å². The maximum atomic E-state index is 11.1. The van der Waals surface area contributed by atoms with Gasteiger partial charge in [-0.05, 0) is 0 Å². The van der Waals surface area contributed by atoms with Crippen molar-refractivity contribution in [3.63, 3.8) is 0 Å². The van der Waals surface area contributed by atoms with Gasteiger partial charge in [-0.2, -0.15) is 0 Å². The Balaban J connectivity index is 2.82. The highest BCUT2D eigenvalue weighted by molar-refractivity contribution is 7.19. The first-order valence-corrected chi connectivity index (χ1v) is 4.47. The number of hydrogen-bond donors (Lipinski definition) is 2. The normalized spacial score (nSPS) is 10.6. The van der Waals surface area contributed by atoms with Gasteiger partial charge in [0.25, 0.3) is 11.8 Å². The Morgan fingerprint density at radius 3 is 2.64 bits per heavy atom. The molecule has 0 radical (unpaired) electrons. The van der Waals surface area contributed by atoms with Gasteiger partial charge in [0.2, 0.25) is 0 Å². The molecule has 2 amide bonds. The number of primary amides is 2. The molecule has 0 fully saturated rings. The first kappa shape index (κ1) is 8.70. The largest absolute Gasteiger partial charge is 0.365 e. The van der Waals surface area contributed by atoms with E-state index in [4.69, 9.17) is 11.5 Å². The van der Waals surface area contributed by atoms with E-state index in [0.29, 0.717) is 4.83 Å². The topological polar surface area (TPSA) is 103 Å². The van der Waals surface area contributed by atoms with Crippen molar-refractivity contribution in [3.8, 4) is 0 Å². The molecule has 0 atom stereocenters. The maximum absolute atomic E-state index is 11.1. The van der Waals surface area contributed by atoms with Crippen molar-refractivity contribution in [2.24, 2.45) is 11.5 Å². The van der Waals surface area contributed by atoms with Gasteiger partial charge in [0.1, 0.15) is 21.7 Å². The second-order valence-corrected chi connectivity index (χ2v) is 3.64. The van der Waals surface area contributed by atoms with Crippen molar-refractivity contribution in [3.05, 3.63) is 23.1 Å². The Kier molecular flexibility index (Phi) is 1.74. The molecule has 0 saturated heterocycles. The second-order valence-electron chi connectivity index (χ2n) is 2.61. The van der Waals surface area contributed by atoms with Crippen LogP contribution < -0.4 is 11.5 Å². The number of amides is 2. The molecule has 14 heavy (non-hydrogen) atoms. The van der Waals surface area contributed by atoms with Crippen LogP contribution in [0.25, 0.3) is 4.83 Å². The molecule has 4 N–H and O–H groups in total. The first-order valence-electron chi connectivity index (χ1n) is 3.65. The van der Waals surface area contributed by atoms with Crippen LogP contribution in [0.4, 0.5) is 0 Å². The van der Waals surface area contributed by atoms with Gasteiger partial charge in [0.05, 0.1) is 6.20 Å². The van der Waals surface area contributed by atoms with Crippen LogP contribution in [0.5, 0.6) is 0 Å². The average Bonchev–Trinajstić information content (AvgIpc) is 2.58. The Hall–Kier alpha value is -1.89. The number of thiazole rings is 1. The fraction of sp³-hybridized carbons (Fsp3) is 0. The van der Waals surface area contributed by atoms with Crippen LogP contribution in [0.3, 0.4) is 0 Å². The van der Waals surface area contributed by atoms with Gasteiger partial charge < -0.3 is 11.5 Å². The monoisotopic (exact) mass is 210 g/mol. The molecule has 0 unspecified atom stereocenters. The molecule has 7 heteroatoms. The van der Waals surface area contributed by atoms with Gasteiger partial charge in [-0.1, -0.05) is 0 Å². The maximum Gasteiger partial charge on any atom is 0.267 e. The molecule has 72 valence electrons. The van der Waals surface area contributed by atoms with Crippen molar-refractivity contribution in [2.45, 2.75) is 0 Å². The molecule has 2 aromatic rings. The summed E-state index contributed by atoms with van der Waals surface area (Å²) >= 11 is 1.09. The summed E-state index contributed by atoms with van der Waals surface area (Å²) < 4.78 is 1.45. The highest BCUT2D eigenvalue weighted by Gasteiger charge is 2.20. The molecular formula is C7H6N4O2S. The van der Waals surface area contributed by atoms with Gasteiger partial charge in [-0.25, -0.2) is 4.98 Å². The van der Waals surface area contributed by atoms with E-state index in [2.05, 4.69) is 4.98 Å². The molecule has 0 aromatic carbocycles. The van der Waals surface area contributed by atoms with E-state index in [1.807, 2.05) is 0 Å². The molecule has 6 nitrogen and oxygen atoms in total. The molecule has 2 heterocycles. The van der Waals surface area contributed by atoms with Crippen LogP contribution in [-0.4, -0.2) is 21.2 Å². The van der Waals surface area contributed by atoms with Crippen LogP contribution in [0.2, 0.25) is 0 Å². The lowest BCUT2D eigenvalue weighted by Crippen LogP contribution is -2.20. The number of imidazole rings is 1. The lowest BCUT2D eigenvalue weighted by atomic mass is 10.3. The molecule has 2 aromatic heterocycles. The third-order valence-corrected chi connectivity index (χ3v) is 2.83. The minimum Gasteiger partial charge on any atom is -0.365 e. The highest BCUT2D eigenvalue weighted by atomic mass is 32.1. The van der Waals surface area contributed by atoms with Gasteiger partial charge in [-0.15, -0.1) is 11.3 Å². The smallest absolute Gasteiger partial charge is 0.267 e. The Morgan fingerprint density at radius 2 is 2.07 bits per heavy atom. The Bertz CT molecular complexity index is 527. The quantitative estimate of drug-likeness (QED) is 0.704. The third-order valence-electron chi connectivity index (χ3n) is 1.72. The van der Waals surface area contributed by atoms with Crippen LogP contribution >= 0.6 is 11.3 Å². The standard InChI is InChI=1S/C7H6N4O2S/c8-6(12)4-5(7(9)13)14-3-1-10-2-11(3)4/h1-2H,(H2,8,12)(H2,9,13). The minimum absolute atomic E-state index is 0.0926. The van der Waals surface area contributed by atoms with Crippen molar-refractivity contribution < 1.29 is 9.59 Å². The van der Waals surface area contributed by atoms with Gasteiger partial charge in [-0.3, -0.25) is 14.0 Å². The van der Waals surface area contributed by atoms with E-state index in [9.17, 15) is 9.59 Å². The van der Waals surface area contributed by atoms with Crippen molar-refractivity contribution in [1.82, 2.24) is 9.38 Å². The number of fused-ring (bicyclic) bond motifs is 1. The van der Waals surface area contributed by atoms with E-state index >= 15 is 0 Å². The summed E-state index contributed by atoms with van der Waals surface area (Å²) in [4.78, 5) is 26.7. The Morgan fingerprint density at radius 1 is 1.36 bits per heavy atom. The zero-order valence-corrected chi connectivity index (χ0v) is 7.75. The molecule has 0 aliphatic carbocycles. The molecular weight excluding hydrogens is 204 g/mol. The van der Waals surface area contributed by atoms with Gasteiger partial charge in [0.15, 0.2) is 0 Å². The lowest BCUT2D eigenvalue weighted by molar-refractivity contribution is 0.0966. The summed E-state index contributed by atoms with van der Waals surface area (Å²) in [5, 5.41) is 0. The molecule has 0 saturated carbocycles. The van der Waals surface area contributed by atoms with Crippen LogP contribution in [-0.2, 0) is 0 Å². The predicted molar refractivity (Wildman–Crippen MR) is 50.1 cm³/mol. The summed E-state index contributed by atoms with van der Waals surface area (Å²) in [7, 11) is 0. The second kappa shape index (κ2) is 2.81. The van der Waals surface area contributed by atoms with Gasteiger partial charge in [0, 0.05) is 0 Å². The van der Waals surface area contributed by atoms with Crippen molar-refractivity contribution in [1.29, 1.82) is 0 Å². The average molecular weight is 210 g/mol. The first-order chi connectivity index (χ1) is 6.61. The van der Waals surface area contributed by atoms with E-state index in [-0.39, 0.29) is 10.6 Å². The number of nitrogens with zero attached hydrogens (tertiary/aromatic N) is 2. The third kappa shape index (κ3) is 1.06. The number of hydrogen-bond acceptors (Lipinski definition) is 4. The fourth-order valence-electron chi connectivity index (χ4n) is 1.19. The number of carbonyl (C=O) groups excluding carboxylic acids is 2. The fourth-order valence-corrected chi connectivity index (χ4v) is 2.14. The Labute approximate surface area is 82.1 Å². The molecule has 0 aliphatic rings.